The van der Waals surface area contributed by atoms with Crippen molar-refractivity contribution in [2.75, 3.05) is 6.26 Å². The number of hydrogen-bond donors (Lipinski definition) is 0. The first-order valence-electron chi connectivity index (χ1n) is 4.10. The molecule has 5 nitrogen and oxygen atoms in total. The summed E-state index contributed by atoms with van der Waals surface area (Å²) in [6, 6.07) is 6.67. The van der Waals surface area contributed by atoms with Gasteiger partial charge in [-0.15, -0.1) is 0 Å². The van der Waals surface area contributed by atoms with Gasteiger partial charge in [0.25, 0.3) is 0 Å². The molecule has 6 heteroatoms. The van der Waals surface area contributed by atoms with Crippen molar-refractivity contribution in [3.63, 3.8) is 0 Å². The molecule has 0 N–H and O–H groups in total. The van der Waals surface area contributed by atoms with Gasteiger partial charge < -0.3 is 0 Å². The van der Waals surface area contributed by atoms with Crippen LogP contribution in [0.2, 0.25) is 0 Å². The molecule has 0 spiro atoms. The zero-order valence-electron chi connectivity index (χ0n) is 7.88. The highest BCUT2D eigenvalue weighted by molar-refractivity contribution is 7.89. The highest BCUT2D eigenvalue weighted by Gasteiger charge is 2.10. The number of fused-ring (bicyclic) bond motifs is 1. The van der Waals surface area contributed by atoms with Crippen molar-refractivity contribution in [1.29, 1.82) is 5.26 Å². The van der Waals surface area contributed by atoms with Gasteiger partial charge >= 0.3 is 0 Å². The molecule has 0 saturated heterocycles. The van der Waals surface area contributed by atoms with Gasteiger partial charge in [0.2, 0.25) is 10.0 Å². The molecule has 0 aliphatic rings. The third kappa shape index (κ3) is 1.57. The fraction of sp³-hybridized carbons (Fsp3) is 0.111. The van der Waals surface area contributed by atoms with Gasteiger partial charge in [-0.25, -0.2) is 17.4 Å². The van der Waals surface area contributed by atoms with E-state index in [0.717, 1.165) is 10.2 Å². The van der Waals surface area contributed by atoms with Crippen LogP contribution in [0.5, 0.6) is 0 Å². The first kappa shape index (κ1) is 9.68. The van der Waals surface area contributed by atoms with Crippen molar-refractivity contribution in [3.05, 3.63) is 30.1 Å². The van der Waals surface area contributed by atoms with E-state index in [-0.39, 0.29) is 0 Å². The monoisotopic (exact) mass is 221 g/mol. The highest BCUT2D eigenvalue weighted by Crippen LogP contribution is 2.15. The molecule has 15 heavy (non-hydrogen) atoms. The van der Waals surface area contributed by atoms with Gasteiger partial charge in [0.1, 0.15) is 6.33 Å². The molecule has 1 heterocycles. The second-order valence-electron chi connectivity index (χ2n) is 3.12. The van der Waals surface area contributed by atoms with Gasteiger partial charge in [-0.1, -0.05) is 0 Å². The Labute approximate surface area is 86.6 Å². The topological polar surface area (TPSA) is 75.8 Å². The van der Waals surface area contributed by atoms with E-state index < -0.39 is 10.0 Å². The van der Waals surface area contributed by atoms with Crippen LogP contribution in [0.3, 0.4) is 0 Å². The van der Waals surface area contributed by atoms with Crippen molar-refractivity contribution < 1.29 is 8.42 Å². The minimum absolute atomic E-state index is 0.410. The molecule has 0 atom stereocenters. The zero-order chi connectivity index (χ0) is 11.1. The third-order valence-corrected chi connectivity index (χ3v) is 3.01. The Kier molecular flexibility index (Phi) is 1.98. The standard InChI is InChI=1S/C9H7N3O2S/c1-15(13,14)12-6-11-8-3-2-7(5-10)4-9(8)12/h2-4,6H,1H3. The number of benzene rings is 1. The Morgan fingerprint density at radius 1 is 1.47 bits per heavy atom. The number of rotatable bonds is 1. The van der Waals surface area contributed by atoms with E-state index in [1.54, 1.807) is 12.1 Å². The fourth-order valence-corrected chi connectivity index (χ4v) is 2.04. The molecule has 0 fully saturated rings. The van der Waals surface area contributed by atoms with Crippen LogP contribution < -0.4 is 0 Å². The average molecular weight is 221 g/mol. The average Bonchev–Trinajstić information content (AvgIpc) is 2.59. The summed E-state index contributed by atoms with van der Waals surface area (Å²) in [4.78, 5) is 3.93. The SMILES string of the molecule is CS(=O)(=O)n1cnc2ccc(C#N)cc21. The molecule has 2 aromatic rings. The second kappa shape index (κ2) is 3.07. The van der Waals surface area contributed by atoms with Gasteiger partial charge in [0.15, 0.2) is 0 Å². The molecule has 2 rings (SSSR count). The van der Waals surface area contributed by atoms with Crippen LogP contribution in [0.15, 0.2) is 24.5 Å². The summed E-state index contributed by atoms with van der Waals surface area (Å²) in [6.45, 7) is 0. The van der Waals surface area contributed by atoms with Gasteiger partial charge in [0, 0.05) is 0 Å². The molecular formula is C9H7N3O2S. The Hall–Kier alpha value is -1.87. The van der Waals surface area contributed by atoms with Gasteiger partial charge in [-0.2, -0.15) is 5.26 Å². The predicted octanol–water partition coefficient (Wildman–Crippen LogP) is 0.716. The fourth-order valence-electron chi connectivity index (χ4n) is 1.32. The molecule has 1 aromatic carbocycles. The van der Waals surface area contributed by atoms with E-state index in [4.69, 9.17) is 5.26 Å². The zero-order valence-corrected chi connectivity index (χ0v) is 8.69. The summed E-state index contributed by atoms with van der Waals surface area (Å²) < 4.78 is 23.8. The summed E-state index contributed by atoms with van der Waals surface area (Å²) >= 11 is 0. The maximum Gasteiger partial charge on any atom is 0.237 e. The van der Waals surface area contributed by atoms with Crippen molar-refractivity contribution >= 4 is 21.1 Å². The molecule has 0 unspecified atom stereocenters. The molecule has 76 valence electrons. The predicted molar refractivity (Wildman–Crippen MR) is 54.7 cm³/mol. The molecule has 0 bridgehead atoms. The summed E-state index contributed by atoms with van der Waals surface area (Å²) in [5.74, 6) is 0. The summed E-state index contributed by atoms with van der Waals surface area (Å²) in [5, 5.41) is 8.70. The molecule has 0 radical (unpaired) electrons. The molecule has 0 saturated carbocycles. The van der Waals surface area contributed by atoms with Crippen LogP contribution in [0.4, 0.5) is 0 Å². The van der Waals surface area contributed by atoms with Gasteiger partial charge in [-0.3, -0.25) is 0 Å². The van der Waals surface area contributed by atoms with Crippen LogP contribution in [0.25, 0.3) is 11.0 Å². The van der Waals surface area contributed by atoms with E-state index in [2.05, 4.69) is 4.98 Å². The second-order valence-corrected chi connectivity index (χ2v) is 4.98. The molecule has 1 aromatic heterocycles. The Balaban J connectivity index is 2.85. The van der Waals surface area contributed by atoms with Crippen LogP contribution in [-0.2, 0) is 10.0 Å². The van der Waals surface area contributed by atoms with Crippen molar-refractivity contribution in [1.82, 2.24) is 8.96 Å². The van der Waals surface area contributed by atoms with E-state index in [0.29, 0.717) is 16.6 Å². The lowest BCUT2D eigenvalue weighted by Gasteiger charge is -1.99. The normalized spacial score (nSPS) is 11.5. The van der Waals surface area contributed by atoms with Crippen LogP contribution in [0.1, 0.15) is 5.56 Å². The lowest BCUT2D eigenvalue weighted by atomic mass is 10.2. The lowest BCUT2D eigenvalue weighted by molar-refractivity contribution is 0.595. The number of imidazole rings is 1. The third-order valence-electron chi connectivity index (χ3n) is 2.00. The maximum absolute atomic E-state index is 11.3. The van der Waals surface area contributed by atoms with Crippen LogP contribution in [-0.4, -0.2) is 23.6 Å². The lowest BCUT2D eigenvalue weighted by Crippen LogP contribution is -2.08. The smallest absolute Gasteiger partial charge is 0.236 e. The molecule has 0 aliphatic carbocycles. The molecule has 0 amide bonds. The van der Waals surface area contributed by atoms with Gasteiger partial charge in [-0.05, 0) is 18.2 Å². The first-order chi connectivity index (χ1) is 7.02. The summed E-state index contributed by atoms with van der Waals surface area (Å²) in [5.41, 5.74) is 1.39. The summed E-state index contributed by atoms with van der Waals surface area (Å²) in [6.07, 6.45) is 2.33. The van der Waals surface area contributed by atoms with Crippen molar-refractivity contribution in [2.24, 2.45) is 0 Å². The number of hydrogen-bond acceptors (Lipinski definition) is 4. The number of aromatic nitrogens is 2. The minimum atomic E-state index is -3.37. The largest absolute Gasteiger partial charge is 0.237 e. The maximum atomic E-state index is 11.3. The first-order valence-corrected chi connectivity index (χ1v) is 5.95. The number of nitrogens with zero attached hydrogens (tertiary/aromatic N) is 3. The molecular weight excluding hydrogens is 214 g/mol. The van der Waals surface area contributed by atoms with Crippen molar-refractivity contribution in [2.45, 2.75) is 0 Å². The van der Waals surface area contributed by atoms with Crippen LogP contribution >= 0.6 is 0 Å². The Morgan fingerprint density at radius 3 is 2.80 bits per heavy atom. The number of nitriles is 1. The van der Waals surface area contributed by atoms with E-state index in [1.807, 2.05) is 6.07 Å². The summed E-state index contributed by atoms with van der Waals surface area (Å²) in [7, 11) is -3.37. The quantitative estimate of drug-likeness (QED) is 0.710. The Morgan fingerprint density at radius 2 is 2.20 bits per heavy atom. The van der Waals surface area contributed by atoms with E-state index in [1.165, 1.54) is 12.4 Å². The highest BCUT2D eigenvalue weighted by atomic mass is 32.2. The molecule has 0 aliphatic heterocycles. The van der Waals surface area contributed by atoms with Crippen molar-refractivity contribution in [3.8, 4) is 6.07 Å². The van der Waals surface area contributed by atoms with E-state index >= 15 is 0 Å². The Bertz CT molecular complexity index is 664. The van der Waals surface area contributed by atoms with Crippen LogP contribution in [0, 0.1) is 11.3 Å². The van der Waals surface area contributed by atoms with Gasteiger partial charge in [0.05, 0.1) is 28.9 Å². The van der Waals surface area contributed by atoms with E-state index in [9.17, 15) is 8.42 Å². The minimum Gasteiger partial charge on any atom is -0.236 e.